The van der Waals surface area contributed by atoms with Gasteiger partial charge in [-0.3, -0.25) is 0 Å². The fourth-order valence-corrected chi connectivity index (χ4v) is 2.45. The van der Waals surface area contributed by atoms with Gasteiger partial charge < -0.3 is 11.1 Å². The molecule has 1 fully saturated rings. The summed E-state index contributed by atoms with van der Waals surface area (Å²) in [5.41, 5.74) is 0.654. The standard InChI is InChI=1S/C11H13F3N2O2S/c12-11(13,14)19(17,18)9-3-1-8(2-4-9)16-10(7-15)5-6-10/h1-4,16H,5-7,15H2. The predicted octanol–water partition coefficient (Wildman–Crippen LogP) is 1.88. The first-order valence-electron chi connectivity index (χ1n) is 5.60. The first-order valence-corrected chi connectivity index (χ1v) is 7.08. The van der Waals surface area contributed by atoms with E-state index in [1.807, 2.05) is 0 Å². The topological polar surface area (TPSA) is 72.2 Å². The summed E-state index contributed by atoms with van der Waals surface area (Å²) in [5.74, 6) is 0. The van der Waals surface area contributed by atoms with Crippen molar-refractivity contribution in [1.29, 1.82) is 0 Å². The maximum absolute atomic E-state index is 12.3. The average molecular weight is 294 g/mol. The van der Waals surface area contributed by atoms with E-state index in [0.29, 0.717) is 12.2 Å². The Morgan fingerprint density at radius 2 is 1.74 bits per heavy atom. The van der Waals surface area contributed by atoms with Crippen molar-refractivity contribution in [3.05, 3.63) is 24.3 Å². The third-order valence-electron chi connectivity index (χ3n) is 3.12. The van der Waals surface area contributed by atoms with Gasteiger partial charge in [0.15, 0.2) is 0 Å². The normalized spacial score (nSPS) is 18.1. The molecule has 2 rings (SSSR count). The summed E-state index contributed by atoms with van der Waals surface area (Å²) in [6, 6.07) is 4.51. The number of hydrogen-bond acceptors (Lipinski definition) is 4. The Kier molecular flexibility index (Phi) is 3.26. The molecule has 0 unspecified atom stereocenters. The molecular weight excluding hydrogens is 281 g/mol. The van der Waals surface area contributed by atoms with E-state index in [1.54, 1.807) is 0 Å². The second-order valence-corrected chi connectivity index (χ2v) is 6.52. The van der Waals surface area contributed by atoms with E-state index in [-0.39, 0.29) is 5.54 Å². The van der Waals surface area contributed by atoms with Crippen molar-refractivity contribution in [1.82, 2.24) is 0 Å². The van der Waals surface area contributed by atoms with Crippen LogP contribution in [-0.2, 0) is 9.84 Å². The molecule has 0 radical (unpaired) electrons. The van der Waals surface area contributed by atoms with Crippen LogP contribution < -0.4 is 11.1 Å². The largest absolute Gasteiger partial charge is 0.501 e. The summed E-state index contributed by atoms with van der Waals surface area (Å²) >= 11 is 0. The average Bonchev–Trinajstić information content (AvgIpc) is 3.09. The van der Waals surface area contributed by atoms with Gasteiger partial charge in [0.05, 0.1) is 4.90 Å². The Balaban J connectivity index is 2.20. The number of benzene rings is 1. The fourth-order valence-electron chi connectivity index (χ4n) is 1.69. The SMILES string of the molecule is NCC1(Nc2ccc(S(=O)(=O)C(F)(F)F)cc2)CC1. The van der Waals surface area contributed by atoms with E-state index >= 15 is 0 Å². The van der Waals surface area contributed by atoms with Gasteiger partial charge in [0.2, 0.25) is 0 Å². The minimum absolute atomic E-state index is 0.190. The molecule has 0 amide bonds. The molecule has 1 aromatic rings. The highest BCUT2D eigenvalue weighted by Gasteiger charge is 2.47. The van der Waals surface area contributed by atoms with Crippen molar-refractivity contribution in [3.63, 3.8) is 0 Å². The number of halogens is 3. The van der Waals surface area contributed by atoms with Gasteiger partial charge in [-0.25, -0.2) is 8.42 Å². The highest BCUT2D eigenvalue weighted by Crippen LogP contribution is 2.38. The fraction of sp³-hybridized carbons (Fsp3) is 0.455. The summed E-state index contributed by atoms with van der Waals surface area (Å²) in [6.45, 7) is 0.426. The van der Waals surface area contributed by atoms with Crippen molar-refractivity contribution in [2.45, 2.75) is 28.8 Å². The van der Waals surface area contributed by atoms with E-state index in [9.17, 15) is 21.6 Å². The maximum Gasteiger partial charge on any atom is 0.501 e. The maximum atomic E-state index is 12.3. The molecule has 1 aliphatic carbocycles. The van der Waals surface area contributed by atoms with E-state index < -0.39 is 20.2 Å². The first-order chi connectivity index (χ1) is 8.70. The van der Waals surface area contributed by atoms with E-state index in [1.165, 1.54) is 12.1 Å². The second-order valence-electron chi connectivity index (χ2n) is 4.58. The predicted molar refractivity (Wildman–Crippen MR) is 64.3 cm³/mol. The lowest BCUT2D eigenvalue weighted by Gasteiger charge is -2.16. The zero-order chi connectivity index (χ0) is 14.3. The van der Waals surface area contributed by atoms with Crippen LogP contribution in [0, 0.1) is 0 Å². The van der Waals surface area contributed by atoms with Gasteiger partial charge >= 0.3 is 5.51 Å². The molecule has 0 aromatic heterocycles. The molecule has 3 N–H and O–H groups in total. The molecule has 4 nitrogen and oxygen atoms in total. The van der Waals surface area contributed by atoms with Crippen molar-refractivity contribution < 1.29 is 21.6 Å². The molecule has 0 aliphatic heterocycles. The Morgan fingerprint density at radius 3 is 2.11 bits per heavy atom. The molecule has 8 heteroatoms. The first kappa shape index (κ1) is 14.1. The summed E-state index contributed by atoms with van der Waals surface area (Å²) in [5, 5.41) is 3.10. The van der Waals surface area contributed by atoms with E-state index in [0.717, 1.165) is 25.0 Å². The Bertz CT molecular complexity index is 563. The van der Waals surface area contributed by atoms with Crippen LogP contribution in [0.3, 0.4) is 0 Å². The van der Waals surface area contributed by atoms with Gasteiger partial charge in [-0.15, -0.1) is 0 Å². The number of anilines is 1. The smallest absolute Gasteiger partial charge is 0.378 e. The van der Waals surface area contributed by atoms with Crippen LogP contribution in [0.15, 0.2) is 29.2 Å². The Hall–Kier alpha value is -1.28. The van der Waals surface area contributed by atoms with Gasteiger partial charge in [0.1, 0.15) is 0 Å². The minimum Gasteiger partial charge on any atom is -0.378 e. The van der Waals surface area contributed by atoms with Gasteiger partial charge in [0.25, 0.3) is 9.84 Å². The number of alkyl halides is 3. The molecule has 0 saturated heterocycles. The van der Waals surface area contributed by atoms with Crippen LogP contribution in [-0.4, -0.2) is 26.0 Å². The minimum atomic E-state index is -5.28. The summed E-state index contributed by atoms with van der Waals surface area (Å²) < 4.78 is 59.3. The van der Waals surface area contributed by atoms with E-state index in [4.69, 9.17) is 5.73 Å². The van der Waals surface area contributed by atoms with Crippen molar-refractivity contribution in [2.24, 2.45) is 5.73 Å². The molecule has 1 aliphatic rings. The lowest BCUT2D eigenvalue weighted by Crippen LogP contribution is -2.30. The summed E-state index contributed by atoms with van der Waals surface area (Å²) in [7, 11) is -5.28. The zero-order valence-electron chi connectivity index (χ0n) is 9.87. The van der Waals surface area contributed by atoms with Crippen LogP contribution in [0.1, 0.15) is 12.8 Å². The number of sulfone groups is 1. The number of rotatable bonds is 4. The Morgan fingerprint density at radius 1 is 1.21 bits per heavy atom. The quantitative estimate of drug-likeness (QED) is 0.889. The third-order valence-corrected chi connectivity index (χ3v) is 4.63. The Labute approximate surface area is 108 Å². The molecule has 0 spiro atoms. The highest BCUT2D eigenvalue weighted by atomic mass is 32.2. The zero-order valence-corrected chi connectivity index (χ0v) is 10.7. The van der Waals surface area contributed by atoms with Gasteiger partial charge in [-0.2, -0.15) is 13.2 Å². The number of nitrogens with two attached hydrogens (primary N) is 1. The number of nitrogens with one attached hydrogen (secondary N) is 1. The molecule has 1 aromatic carbocycles. The molecular formula is C11H13F3N2O2S. The molecule has 19 heavy (non-hydrogen) atoms. The van der Waals surface area contributed by atoms with Crippen molar-refractivity contribution in [2.75, 3.05) is 11.9 Å². The molecule has 1 saturated carbocycles. The summed E-state index contributed by atoms with van der Waals surface area (Å²) in [6.07, 6.45) is 1.79. The van der Waals surface area contributed by atoms with Crippen LogP contribution in [0.4, 0.5) is 18.9 Å². The molecule has 0 bridgehead atoms. The van der Waals surface area contributed by atoms with E-state index in [2.05, 4.69) is 5.32 Å². The highest BCUT2D eigenvalue weighted by molar-refractivity contribution is 7.92. The number of hydrogen-bond donors (Lipinski definition) is 2. The monoisotopic (exact) mass is 294 g/mol. The summed E-state index contributed by atoms with van der Waals surface area (Å²) in [4.78, 5) is -0.761. The lowest BCUT2D eigenvalue weighted by atomic mass is 10.2. The van der Waals surface area contributed by atoms with Gasteiger partial charge in [-0.05, 0) is 37.1 Å². The van der Waals surface area contributed by atoms with Crippen LogP contribution in [0.5, 0.6) is 0 Å². The molecule has 106 valence electrons. The van der Waals surface area contributed by atoms with Gasteiger partial charge in [0, 0.05) is 17.8 Å². The van der Waals surface area contributed by atoms with Crippen LogP contribution >= 0.6 is 0 Å². The van der Waals surface area contributed by atoms with Gasteiger partial charge in [-0.1, -0.05) is 0 Å². The third kappa shape index (κ3) is 2.69. The van der Waals surface area contributed by atoms with Crippen molar-refractivity contribution >= 4 is 15.5 Å². The second kappa shape index (κ2) is 4.38. The molecule has 0 heterocycles. The van der Waals surface area contributed by atoms with Crippen molar-refractivity contribution in [3.8, 4) is 0 Å². The lowest BCUT2D eigenvalue weighted by molar-refractivity contribution is -0.0436. The van der Waals surface area contributed by atoms with Crippen LogP contribution in [0.25, 0.3) is 0 Å². The molecule has 0 atom stereocenters. The van der Waals surface area contributed by atoms with Crippen LogP contribution in [0.2, 0.25) is 0 Å².